The van der Waals surface area contributed by atoms with Crippen molar-refractivity contribution in [3.8, 4) is 22.9 Å². The van der Waals surface area contributed by atoms with Crippen LogP contribution in [0.2, 0.25) is 0 Å². The average Bonchev–Trinajstić information content (AvgIpc) is 3.50. The van der Waals surface area contributed by atoms with E-state index in [0.717, 1.165) is 43.8 Å². The third-order valence-corrected chi connectivity index (χ3v) is 14.1. The second kappa shape index (κ2) is 12.0. The Labute approximate surface area is 281 Å². The van der Waals surface area contributed by atoms with Gasteiger partial charge in [-0.1, -0.05) is 146 Å². The number of nitriles is 1. The molecule has 0 aliphatic rings. The largest absolute Gasteiger partial charge is 0.319 e. The number of hydrogen-bond acceptors (Lipinski definition) is 1. The van der Waals surface area contributed by atoms with Crippen molar-refractivity contribution in [2.45, 2.75) is 0 Å². The highest BCUT2D eigenvalue weighted by Gasteiger charge is 2.41. The molecule has 0 atom stereocenters. The Balaban J connectivity index is 1.42. The topological polar surface area (TPSA) is 33.1 Å². The molecule has 4 heteroatoms. The van der Waals surface area contributed by atoms with E-state index in [4.69, 9.17) is 6.57 Å². The van der Waals surface area contributed by atoms with Gasteiger partial charge in [0.25, 0.3) is 0 Å². The first-order valence-electron chi connectivity index (χ1n) is 15.9. The Hall–Kier alpha value is -6.46. The number of hydrogen-bond donors (Lipinski definition) is 0. The summed E-state index contributed by atoms with van der Waals surface area (Å²) >= 11 is 0. The van der Waals surface area contributed by atoms with E-state index in [9.17, 15) is 5.26 Å². The van der Waals surface area contributed by atoms with Gasteiger partial charge in [0.1, 0.15) is 0 Å². The molecule has 0 aliphatic carbocycles. The molecule has 0 bridgehead atoms. The monoisotopic (exact) mass is 627 g/mol. The molecule has 8 rings (SSSR count). The predicted octanol–water partition coefficient (Wildman–Crippen LogP) is 8.25. The molecule has 0 amide bonds. The number of rotatable bonds is 6. The van der Waals surface area contributed by atoms with Crippen molar-refractivity contribution in [3.05, 3.63) is 193 Å². The van der Waals surface area contributed by atoms with Crippen LogP contribution in [0.25, 0.3) is 43.5 Å². The molecule has 0 fully saturated rings. The summed E-state index contributed by atoms with van der Waals surface area (Å²) in [6, 6.07) is 63.8. The fourth-order valence-electron chi connectivity index (χ4n) is 7.30. The molecule has 0 spiro atoms. The lowest BCUT2D eigenvalue weighted by Crippen LogP contribution is -2.74. The Morgan fingerprint density at radius 1 is 0.500 bits per heavy atom. The zero-order chi connectivity index (χ0) is 32.5. The molecule has 0 saturated heterocycles. The number of benzene rings is 7. The predicted molar refractivity (Wildman–Crippen MR) is 201 cm³/mol. The van der Waals surface area contributed by atoms with E-state index < -0.39 is 8.07 Å². The summed E-state index contributed by atoms with van der Waals surface area (Å²) in [5.41, 5.74) is 6.00. The molecule has 0 N–H and O–H groups in total. The highest BCUT2D eigenvalue weighted by molar-refractivity contribution is 7.19. The summed E-state index contributed by atoms with van der Waals surface area (Å²) in [6.45, 7) is 8.12. The first kappa shape index (κ1) is 29.0. The minimum Gasteiger partial charge on any atom is -0.319 e. The molecule has 0 unspecified atom stereocenters. The van der Waals surface area contributed by atoms with Gasteiger partial charge in [0.2, 0.25) is 5.69 Å². The van der Waals surface area contributed by atoms with Crippen LogP contribution in [0.1, 0.15) is 5.56 Å². The molecule has 224 valence electrons. The van der Waals surface area contributed by atoms with E-state index in [-0.39, 0.29) is 0 Å². The highest BCUT2D eigenvalue weighted by Crippen LogP contribution is 2.37. The van der Waals surface area contributed by atoms with E-state index in [1.165, 1.54) is 15.6 Å². The van der Waals surface area contributed by atoms with Crippen molar-refractivity contribution >= 4 is 56.3 Å². The van der Waals surface area contributed by atoms with E-state index in [2.05, 4.69) is 161 Å². The van der Waals surface area contributed by atoms with Gasteiger partial charge >= 0.3 is 0 Å². The summed E-state index contributed by atoms with van der Waals surface area (Å²) < 4.78 is 2.20. The molecule has 3 nitrogen and oxygen atoms in total. The quantitative estimate of drug-likeness (QED) is 0.104. The third-order valence-electron chi connectivity index (χ3n) is 9.37. The summed E-state index contributed by atoms with van der Waals surface area (Å²) in [7, 11) is -2.87. The zero-order valence-corrected chi connectivity index (χ0v) is 27.1. The molecule has 1 aromatic heterocycles. The molecule has 48 heavy (non-hydrogen) atoms. The summed E-state index contributed by atoms with van der Waals surface area (Å²) in [5.74, 6) is 0. The van der Waals surface area contributed by atoms with Crippen LogP contribution in [-0.2, 0) is 0 Å². The van der Waals surface area contributed by atoms with Crippen molar-refractivity contribution in [2.24, 2.45) is 0 Å². The maximum absolute atomic E-state index is 10.5. The van der Waals surface area contributed by atoms with Crippen LogP contribution in [0.4, 0.5) is 5.69 Å². The second-order valence-electron chi connectivity index (χ2n) is 11.9. The van der Waals surface area contributed by atoms with Crippen molar-refractivity contribution in [1.82, 2.24) is 4.57 Å². The summed E-state index contributed by atoms with van der Waals surface area (Å²) in [5, 5.41) is 17.6. The number of nitrogens with zero attached hydrogens (tertiary/aromatic N) is 3. The van der Waals surface area contributed by atoms with Gasteiger partial charge in [-0.15, -0.1) is 0 Å². The van der Waals surface area contributed by atoms with E-state index in [1.54, 1.807) is 0 Å². The van der Waals surface area contributed by atoms with Crippen LogP contribution >= 0.6 is 0 Å². The number of para-hydroxylation sites is 2. The zero-order valence-electron chi connectivity index (χ0n) is 26.1. The third kappa shape index (κ3) is 4.64. The van der Waals surface area contributed by atoms with Crippen molar-refractivity contribution < 1.29 is 0 Å². The molecule has 1 heterocycles. The van der Waals surface area contributed by atoms with Crippen LogP contribution in [-0.4, -0.2) is 12.6 Å². The summed E-state index contributed by atoms with van der Waals surface area (Å²) in [4.78, 5) is 3.97. The molecule has 0 aliphatic heterocycles. The van der Waals surface area contributed by atoms with Gasteiger partial charge in [-0.3, -0.25) is 0 Å². The minimum atomic E-state index is -2.87. The van der Waals surface area contributed by atoms with Crippen molar-refractivity contribution in [2.75, 3.05) is 0 Å². The minimum absolute atomic E-state index is 0.573. The Morgan fingerprint density at radius 3 is 1.50 bits per heavy atom. The first-order valence-corrected chi connectivity index (χ1v) is 17.9. The van der Waals surface area contributed by atoms with Crippen molar-refractivity contribution in [3.63, 3.8) is 0 Å². The lowest BCUT2D eigenvalue weighted by atomic mass is 10.0. The summed E-state index contributed by atoms with van der Waals surface area (Å²) in [6.07, 6.45) is 0. The number of fused-ring (bicyclic) bond motifs is 3. The van der Waals surface area contributed by atoms with Crippen LogP contribution in [0, 0.1) is 17.9 Å². The Kier molecular flexibility index (Phi) is 7.27. The number of aromatic nitrogens is 1. The molecule has 0 saturated carbocycles. The van der Waals surface area contributed by atoms with Gasteiger partial charge < -0.3 is 4.57 Å². The van der Waals surface area contributed by atoms with Gasteiger partial charge in [0.15, 0.2) is 8.07 Å². The van der Waals surface area contributed by atoms with E-state index in [1.807, 2.05) is 30.3 Å². The van der Waals surface area contributed by atoms with Crippen LogP contribution in [0.3, 0.4) is 0 Å². The SMILES string of the molecule is [C-]#[N+]c1ccc(-c2cc(C#N)cc([Si](c3ccccc3)(c3ccccc3)c3ccccc3)c2)cc1-n1c2ccccc2c2ccccc21. The molecule has 8 aromatic rings. The lowest BCUT2D eigenvalue weighted by Gasteiger charge is -2.34. The molecular weight excluding hydrogens is 599 g/mol. The fraction of sp³-hybridized carbons (Fsp3) is 0. The van der Waals surface area contributed by atoms with Crippen LogP contribution in [0.5, 0.6) is 0 Å². The Morgan fingerprint density at radius 2 is 1.00 bits per heavy atom. The van der Waals surface area contributed by atoms with Crippen LogP contribution in [0.15, 0.2) is 176 Å². The molecular formula is C44H29N3Si. The molecule has 7 aromatic carbocycles. The normalized spacial score (nSPS) is 11.3. The van der Waals surface area contributed by atoms with Gasteiger partial charge in [0, 0.05) is 10.8 Å². The average molecular weight is 628 g/mol. The molecule has 0 radical (unpaired) electrons. The van der Waals surface area contributed by atoms with Gasteiger partial charge in [-0.2, -0.15) is 5.26 Å². The standard InChI is InChI=1S/C44H29N3Si/c1-46-41-26-25-33(30-44(41)47-42-23-13-11-21-39(42)40-22-12-14-24-43(40)47)34-27-32(31-45)28-38(29-34)48(35-15-5-2-6-16-35,36-17-7-3-8-18-36)37-19-9-4-10-20-37/h2-30H. The van der Waals surface area contributed by atoms with Crippen LogP contribution < -0.4 is 20.7 Å². The second-order valence-corrected chi connectivity index (χ2v) is 15.8. The first-order chi connectivity index (χ1) is 23.7. The maximum Gasteiger partial charge on any atom is 0.210 e. The van der Waals surface area contributed by atoms with E-state index in [0.29, 0.717) is 11.3 Å². The highest BCUT2D eigenvalue weighted by atomic mass is 28.3. The Bertz CT molecular complexity index is 2370. The van der Waals surface area contributed by atoms with Gasteiger partial charge in [0.05, 0.1) is 34.9 Å². The van der Waals surface area contributed by atoms with Crippen molar-refractivity contribution in [1.29, 1.82) is 5.26 Å². The van der Waals surface area contributed by atoms with Gasteiger partial charge in [-0.25, -0.2) is 4.85 Å². The smallest absolute Gasteiger partial charge is 0.210 e. The maximum atomic E-state index is 10.5. The lowest BCUT2D eigenvalue weighted by molar-refractivity contribution is 1.19. The van der Waals surface area contributed by atoms with E-state index >= 15 is 0 Å². The van der Waals surface area contributed by atoms with Gasteiger partial charge in [-0.05, 0) is 62.2 Å². The fourth-order valence-corrected chi connectivity index (χ4v) is 12.1.